The van der Waals surface area contributed by atoms with Crippen molar-refractivity contribution in [2.24, 2.45) is 10.5 Å². The van der Waals surface area contributed by atoms with E-state index in [0.717, 1.165) is 17.0 Å². The van der Waals surface area contributed by atoms with Crippen molar-refractivity contribution in [3.63, 3.8) is 0 Å². The molecule has 1 aliphatic rings. The minimum atomic E-state index is -0.295. The lowest BCUT2D eigenvalue weighted by Crippen LogP contribution is -2.24. The van der Waals surface area contributed by atoms with Gasteiger partial charge in [-0.1, -0.05) is 39.0 Å². The zero-order chi connectivity index (χ0) is 19.1. The highest BCUT2D eigenvalue weighted by Crippen LogP contribution is 2.36. The van der Waals surface area contributed by atoms with Crippen molar-refractivity contribution in [1.29, 1.82) is 0 Å². The highest BCUT2D eigenvalue weighted by atomic mass is 79.9. The minimum Gasteiger partial charge on any atom is -0.506 e. The molecule has 1 amide bonds. The van der Waals surface area contributed by atoms with Gasteiger partial charge in [-0.05, 0) is 67.8 Å². The third-order valence-corrected chi connectivity index (χ3v) is 5.15. The quantitative estimate of drug-likeness (QED) is 0.560. The van der Waals surface area contributed by atoms with Gasteiger partial charge in [-0.25, -0.2) is 0 Å². The zero-order valence-electron chi connectivity index (χ0n) is 14.6. The molecular formula is C20H18Br2N2O2. The molecule has 0 aromatic heterocycles. The Morgan fingerprint density at radius 2 is 1.65 bits per heavy atom. The number of carbonyl (C=O) groups excluding carboxylic acids is 1. The van der Waals surface area contributed by atoms with Gasteiger partial charge in [0.05, 0.1) is 25.9 Å². The Labute approximate surface area is 169 Å². The third-order valence-electron chi connectivity index (χ3n) is 3.94. The van der Waals surface area contributed by atoms with Gasteiger partial charge in [0.15, 0.2) is 0 Å². The fourth-order valence-electron chi connectivity index (χ4n) is 2.68. The van der Waals surface area contributed by atoms with E-state index in [1.165, 1.54) is 5.01 Å². The number of hydrazone groups is 1. The van der Waals surface area contributed by atoms with Crippen LogP contribution in [0.5, 0.6) is 5.75 Å². The number of para-hydroxylation sites is 1. The molecule has 1 N–H and O–H groups in total. The molecule has 1 aliphatic heterocycles. The molecule has 3 rings (SSSR count). The number of aromatic hydroxyl groups is 1. The standard InChI is InChI=1S/C20H18Br2N2O2/c1-20(2,3)18-14(9-12-10-15(21)17(25)16(22)11-12)19(26)24(23-18)13-7-5-4-6-8-13/h4-11,25H,1-3H3/b14-9-. The number of halogens is 2. The van der Waals surface area contributed by atoms with Gasteiger partial charge in [-0.2, -0.15) is 10.1 Å². The van der Waals surface area contributed by atoms with Gasteiger partial charge in [-0.15, -0.1) is 0 Å². The van der Waals surface area contributed by atoms with E-state index in [1.807, 2.05) is 57.2 Å². The molecule has 0 spiro atoms. The fourth-order valence-corrected chi connectivity index (χ4v) is 3.90. The van der Waals surface area contributed by atoms with E-state index >= 15 is 0 Å². The van der Waals surface area contributed by atoms with Crippen LogP contribution in [0.2, 0.25) is 0 Å². The van der Waals surface area contributed by atoms with Crippen LogP contribution < -0.4 is 5.01 Å². The number of hydrogen-bond donors (Lipinski definition) is 1. The number of hydrogen-bond acceptors (Lipinski definition) is 3. The van der Waals surface area contributed by atoms with Gasteiger partial charge >= 0.3 is 0 Å². The highest BCUT2D eigenvalue weighted by molar-refractivity contribution is 9.11. The van der Waals surface area contributed by atoms with Crippen LogP contribution in [0.25, 0.3) is 6.08 Å². The second-order valence-electron chi connectivity index (χ2n) is 7.04. The summed E-state index contributed by atoms with van der Waals surface area (Å²) >= 11 is 6.66. The topological polar surface area (TPSA) is 52.9 Å². The van der Waals surface area contributed by atoms with E-state index in [-0.39, 0.29) is 17.1 Å². The molecule has 0 fully saturated rings. The predicted octanol–water partition coefficient (Wildman–Crippen LogP) is 5.75. The van der Waals surface area contributed by atoms with Crippen molar-refractivity contribution in [3.05, 3.63) is 62.5 Å². The maximum Gasteiger partial charge on any atom is 0.280 e. The molecule has 0 aliphatic carbocycles. The normalized spacial score (nSPS) is 16.3. The summed E-state index contributed by atoms with van der Waals surface area (Å²) in [6.45, 7) is 6.10. The Hall–Kier alpha value is -1.92. The predicted molar refractivity (Wildman–Crippen MR) is 112 cm³/mol. The number of nitrogens with zero attached hydrogens (tertiary/aromatic N) is 2. The van der Waals surface area contributed by atoms with Crippen LogP contribution in [-0.2, 0) is 4.79 Å². The molecule has 4 nitrogen and oxygen atoms in total. The van der Waals surface area contributed by atoms with Gasteiger partial charge in [0.1, 0.15) is 5.75 Å². The summed E-state index contributed by atoms with van der Waals surface area (Å²) in [5.74, 6) is -0.0398. The Balaban J connectivity index is 2.11. The number of amides is 1. The minimum absolute atomic E-state index is 0.125. The van der Waals surface area contributed by atoms with Gasteiger partial charge < -0.3 is 5.11 Å². The molecule has 134 valence electrons. The Morgan fingerprint density at radius 1 is 1.08 bits per heavy atom. The van der Waals surface area contributed by atoms with E-state index in [2.05, 4.69) is 37.0 Å². The van der Waals surface area contributed by atoms with Crippen LogP contribution in [0.15, 0.2) is 62.1 Å². The van der Waals surface area contributed by atoms with Crippen molar-refractivity contribution in [2.45, 2.75) is 20.8 Å². The number of rotatable bonds is 2. The summed E-state index contributed by atoms with van der Waals surface area (Å²) in [4.78, 5) is 13.1. The van der Waals surface area contributed by atoms with Gasteiger partial charge in [0.2, 0.25) is 0 Å². The molecule has 0 saturated heterocycles. The summed E-state index contributed by atoms with van der Waals surface area (Å²) in [5.41, 5.74) is 2.50. The highest BCUT2D eigenvalue weighted by Gasteiger charge is 2.37. The maximum atomic E-state index is 13.1. The first kappa shape index (κ1) is 18.9. The molecule has 0 saturated carbocycles. The summed E-state index contributed by atoms with van der Waals surface area (Å²) in [5, 5.41) is 16.0. The molecule has 0 atom stereocenters. The molecule has 26 heavy (non-hydrogen) atoms. The van der Waals surface area contributed by atoms with Crippen LogP contribution in [0.1, 0.15) is 26.3 Å². The van der Waals surface area contributed by atoms with Crippen LogP contribution in [0.3, 0.4) is 0 Å². The maximum absolute atomic E-state index is 13.1. The summed E-state index contributed by atoms with van der Waals surface area (Å²) in [6, 6.07) is 12.9. The number of phenolic OH excluding ortho intramolecular Hbond substituents is 1. The average molecular weight is 478 g/mol. The van der Waals surface area contributed by atoms with E-state index < -0.39 is 0 Å². The number of carbonyl (C=O) groups is 1. The zero-order valence-corrected chi connectivity index (χ0v) is 17.8. The van der Waals surface area contributed by atoms with Crippen molar-refractivity contribution >= 4 is 55.2 Å². The first-order valence-corrected chi connectivity index (χ1v) is 9.66. The molecule has 2 aromatic carbocycles. The van der Waals surface area contributed by atoms with E-state index in [0.29, 0.717) is 14.5 Å². The molecule has 0 bridgehead atoms. The Kier molecular flexibility index (Phi) is 5.08. The lowest BCUT2D eigenvalue weighted by atomic mass is 9.85. The second kappa shape index (κ2) is 7.00. The fraction of sp³-hybridized carbons (Fsp3) is 0.200. The van der Waals surface area contributed by atoms with Crippen LogP contribution in [0.4, 0.5) is 5.69 Å². The van der Waals surface area contributed by atoms with Crippen molar-refractivity contribution in [1.82, 2.24) is 0 Å². The lowest BCUT2D eigenvalue weighted by molar-refractivity contribution is -0.114. The molecule has 1 heterocycles. The smallest absolute Gasteiger partial charge is 0.280 e. The van der Waals surface area contributed by atoms with Gasteiger partial charge in [-0.3, -0.25) is 4.79 Å². The molecule has 6 heteroatoms. The van der Waals surface area contributed by atoms with Crippen LogP contribution in [0, 0.1) is 5.41 Å². The van der Waals surface area contributed by atoms with E-state index in [9.17, 15) is 9.90 Å². The monoisotopic (exact) mass is 476 g/mol. The summed E-state index contributed by atoms with van der Waals surface area (Å²) in [6.07, 6.45) is 1.81. The van der Waals surface area contributed by atoms with Crippen molar-refractivity contribution < 1.29 is 9.90 Å². The first-order chi connectivity index (χ1) is 12.2. The van der Waals surface area contributed by atoms with Gasteiger partial charge in [0.25, 0.3) is 5.91 Å². The van der Waals surface area contributed by atoms with Gasteiger partial charge in [0, 0.05) is 5.41 Å². The second-order valence-corrected chi connectivity index (χ2v) is 8.75. The summed E-state index contributed by atoms with van der Waals surface area (Å²) in [7, 11) is 0. The number of benzene rings is 2. The molecular weight excluding hydrogens is 460 g/mol. The molecule has 0 unspecified atom stereocenters. The molecule has 0 radical (unpaired) electrons. The summed E-state index contributed by atoms with van der Waals surface area (Å²) < 4.78 is 1.11. The van der Waals surface area contributed by atoms with Crippen LogP contribution in [-0.4, -0.2) is 16.7 Å². The Morgan fingerprint density at radius 3 is 2.19 bits per heavy atom. The average Bonchev–Trinajstić information content (AvgIpc) is 2.90. The van der Waals surface area contributed by atoms with Crippen molar-refractivity contribution in [3.8, 4) is 5.75 Å². The Bertz CT molecular complexity index is 906. The lowest BCUT2D eigenvalue weighted by Gasteiger charge is -2.18. The number of phenols is 1. The van der Waals surface area contributed by atoms with E-state index in [1.54, 1.807) is 12.1 Å². The van der Waals surface area contributed by atoms with E-state index in [4.69, 9.17) is 0 Å². The van der Waals surface area contributed by atoms with Crippen molar-refractivity contribution in [2.75, 3.05) is 5.01 Å². The largest absolute Gasteiger partial charge is 0.506 e. The SMILES string of the molecule is CC(C)(C)C1=NN(c2ccccc2)C(=O)/C1=C\c1cc(Br)c(O)c(Br)c1. The third kappa shape index (κ3) is 3.62. The number of anilines is 1. The first-order valence-electron chi connectivity index (χ1n) is 8.07. The van der Waals surface area contributed by atoms with Crippen LogP contribution >= 0.6 is 31.9 Å². The molecule has 2 aromatic rings.